The summed E-state index contributed by atoms with van der Waals surface area (Å²) in [5, 5.41) is 10.7. The molecule has 0 aliphatic rings. The van der Waals surface area contributed by atoms with Crippen LogP contribution in [-0.2, 0) is 12.8 Å². The molecule has 3 heteroatoms. The van der Waals surface area contributed by atoms with E-state index in [-0.39, 0.29) is 0 Å². The molecule has 0 saturated carbocycles. The maximum Gasteiger partial charge on any atom is 0.0709 e. The molecule has 2 heterocycles. The van der Waals surface area contributed by atoms with Crippen molar-refractivity contribution in [2.75, 3.05) is 0 Å². The lowest BCUT2D eigenvalue weighted by Crippen LogP contribution is -1.96. The molecule has 3 aromatic rings. The van der Waals surface area contributed by atoms with Gasteiger partial charge in [-0.3, -0.25) is 4.98 Å². The van der Waals surface area contributed by atoms with Crippen molar-refractivity contribution in [1.82, 2.24) is 15.2 Å². The lowest BCUT2D eigenvalue weighted by atomic mass is 10.1. The van der Waals surface area contributed by atoms with Crippen molar-refractivity contribution in [3.8, 4) is 0 Å². The molecule has 0 unspecified atom stereocenters. The minimum atomic E-state index is 0.948. The van der Waals surface area contributed by atoms with Crippen molar-refractivity contribution in [2.45, 2.75) is 19.3 Å². The Labute approximate surface area is 112 Å². The van der Waals surface area contributed by atoms with Gasteiger partial charge >= 0.3 is 0 Å². The van der Waals surface area contributed by atoms with E-state index in [1.54, 1.807) is 6.20 Å². The molecule has 94 valence electrons. The van der Waals surface area contributed by atoms with Crippen LogP contribution >= 0.6 is 0 Å². The maximum atomic E-state index is 4.27. The van der Waals surface area contributed by atoms with Crippen LogP contribution in [-0.4, -0.2) is 15.2 Å². The molecule has 0 aliphatic heterocycles. The first-order chi connectivity index (χ1) is 9.43. The summed E-state index contributed by atoms with van der Waals surface area (Å²) in [4.78, 5) is 4.13. The summed E-state index contributed by atoms with van der Waals surface area (Å²) in [6.07, 6.45) is 8.59. The molecular weight excluding hydrogens is 234 g/mol. The van der Waals surface area contributed by atoms with Crippen LogP contribution in [0.15, 0.2) is 55.0 Å². The summed E-state index contributed by atoms with van der Waals surface area (Å²) in [6, 6.07) is 12.4. The zero-order chi connectivity index (χ0) is 12.9. The van der Waals surface area contributed by atoms with Crippen LogP contribution in [0.3, 0.4) is 0 Å². The third-order valence-electron chi connectivity index (χ3n) is 3.25. The Morgan fingerprint density at radius 1 is 0.895 bits per heavy atom. The van der Waals surface area contributed by atoms with E-state index in [9.17, 15) is 0 Å². The van der Waals surface area contributed by atoms with Crippen molar-refractivity contribution < 1.29 is 0 Å². The second kappa shape index (κ2) is 5.57. The van der Waals surface area contributed by atoms with Gasteiger partial charge in [0, 0.05) is 23.2 Å². The van der Waals surface area contributed by atoms with Crippen molar-refractivity contribution in [2.24, 2.45) is 0 Å². The molecule has 0 bridgehead atoms. The molecule has 0 saturated heterocycles. The van der Waals surface area contributed by atoms with E-state index in [4.69, 9.17) is 0 Å². The van der Waals surface area contributed by atoms with Gasteiger partial charge in [-0.05, 0) is 30.9 Å². The monoisotopic (exact) mass is 249 g/mol. The average Bonchev–Trinajstić information content (AvgIpc) is 2.49. The molecule has 0 atom stereocenters. The molecule has 19 heavy (non-hydrogen) atoms. The molecular formula is C16H15N3. The van der Waals surface area contributed by atoms with Crippen molar-refractivity contribution in [3.05, 3.63) is 66.2 Å². The fourth-order valence-electron chi connectivity index (χ4n) is 2.28. The van der Waals surface area contributed by atoms with E-state index in [0.717, 1.165) is 30.3 Å². The van der Waals surface area contributed by atoms with Crippen LogP contribution in [0.5, 0.6) is 0 Å². The molecule has 0 aliphatic carbocycles. The van der Waals surface area contributed by atoms with Gasteiger partial charge in [-0.25, -0.2) is 0 Å². The van der Waals surface area contributed by atoms with E-state index >= 15 is 0 Å². The highest BCUT2D eigenvalue weighted by atomic mass is 15.1. The van der Waals surface area contributed by atoms with Crippen molar-refractivity contribution in [3.63, 3.8) is 0 Å². The van der Waals surface area contributed by atoms with Gasteiger partial charge in [0.25, 0.3) is 0 Å². The number of fused-ring (bicyclic) bond motifs is 1. The lowest BCUT2D eigenvalue weighted by molar-refractivity contribution is 0.784. The highest BCUT2D eigenvalue weighted by Gasteiger charge is 2.03. The minimum Gasteiger partial charge on any atom is -0.264 e. The molecule has 0 fully saturated rings. The van der Waals surface area contributed by atoms with Gasteiger partial charge in [0.1, 0.15) is 0 Å². The first-order valence-corrected chi connectivity index (χ1v) is 6.52. The molecule has 3 nitrogen and oxygen atoms in total. The van der Waals surface area contributed by atoms with Gasteiger partial charge in [0.2, 0.25) is 0 Å². The van der Waals surface area contributed by atoms with E-state index in [2.05, 4.69) is 39.4 Å². The summed E-state index contributed by atoms with van der Waals surface area (Å²) >= 11 is 0. The molecule has 1 aromatic carbocycles. The quantitative estimate of drug-likeness (QED) is 0.712. The zero-order valence-corrected chi connectivity index (χ0v) is 10.7. The molecule has 2 aromatic heterocycles. The number of nitrogens with zero attached hydrogens (tertiary/aromatic N) is 3. The van der Waals surface area contributed by atoms with Crippen LogP contribution in [0.25, 0.3) is 10.8 Å². The summed E-state index contributed by atoms with van der Waals surface area (Å²) < 4.78 is 0. The second-order valence-corrected chi connectivity index (χ2v) is 4.59. The van der Waals surface area contributed by atoms with Gasteiger partial charge in [0.15, 0.2) is 0 Å². The number of aromatic nitrogens is 3. The standard InChI is InChI=1S/C16H15N3/c1-2-8-15-14(7-1)12-18-19-16(15)9-3-5-13-6-4-10-17-11-13/h1-2,4,6-8,10-12H,3,5,9H2. The highest BCUT2D eigenvalue weighted by Crippen LogP contribution is 2.17. The molecule has 0 radical (unpaired) electrons. The Kier molecular flexibility index (Phi) is 3.45. The van der Waals surface area contributed by atoms with E-state index in [1.165, 1.54) is 10.9 Å². The van der Waals surface area contributed by atoms with Crippen LogP contribution < -0.4 is 0 Å². The SMILES string of the molecule is c1cncc(CCCc2nncc3ccccc23)c1. The first-order valence-electron chi connectivity index (χ1n) is 6.52. The predicted octanol–water partition coefficient (Wildman–Crippen LogP) is 3.20. The Morgan fingerprint density at radius 2 is 1.84 bits per heavy atom. The largest absolute Gasteiger partial charge is 0.264 e. The summed E-state index contributed by atoms with van der Waals surface area (Å²) in [5.41, 5.74) is 2.36. The van der Waals surface area contributed by atoms with Crippen LogP contribution in [0, 0.1) is 0 Å². The Morgan fingerprint density at radius 3 is 2.74 bits per heavy atom. The summed E-state index contributed by atoms with van der Waals surface area (Å²) in [5.74, 6) is 0. The van der Waals surface area contributed by atoms with Crippen LogP contribution in [0.4, 0.5) is 0 Å². The molecule has 0 spiro atoms. The fourth-order valence-corrected chi connectivity index (χ4v) is 2.28. The Balaban J connectivity index is 1.72. The van der Waals surface area contributed by atoms with Gasteiger partial charge < -0.3 is 0 Å². The second-order valence-electron chi connectivity index (χ2n) is 4.59. The van der Waals surface area contributed by atoms with E-state index < -0.39 is 0 Å². The maximum absolute atomic E-state index is 4.27. The Bertz CT molecular complexity index is 660. The smallest absolute Gasteiger partial charge is 0.0709 e. The normalized spacial score (nSPS) is 10.7. The van der Waals surface area contributed by atoms with Crippen molar-refractivity contribution >= 4 is 10.8 Å². The Hall–Kier alpha value is -2.29. The average molecular weight is 249 g/mol. The highest BCUT2D eigenvalue weighted by molar-refractivity contribution is 5.83. The number of hydrogen-bond acceptors (Lipinski definition) is 3. The van der Waals surface area contributed by atoms with Crippen LogP contribution in [0.1, 0.15) is 17.7 Å². The fraction of sp³-hybridized carbons (Fsp3) is 0.188. The third-order valence-corrected chi connectivity index (χ3v) is 3.25. The first kappa shape index (κ1) is 11.8. The number of aryl methyl sites for hydroxylation is 2. The van der Waals surface area contributed by atoms with E-state index in [1.807, 2.05) is 24.5 Å². The third kappa shape index (κ3) is 2.76. The number of rotatable bonds is 4. The molecule has 0 N–H and O–H groups in total. The molecule has 3 rings (SSSR count). The van der Waals surface area contributed by atoms with Gasteiger partial charge in [-0.1, -0.05) is 30.3 Å². The summed E-state index contributed by atoms with van der Waals surface area (Å²) in [7, 11) is 0. The van der Waals surface area contributed by atoms with Crippen LogP contribution in [0.2, 0.25) is 0 Å². The van der Waals surface area contributed by atoms with Crippen molar-refractivity contribution in [1.29, 1.82) is 0 Å². The minimum absolute atomic E-state index is 0.948. The van der Waals surface area contributed by atoms with Gasteiger partial charge in [-0.2, -0.15) is 10.2 Å². The number of benzene rings is 1. The predicted molar refractivity (Wildman–Crippen MR) is 75.8 cm³/mol. The number of hydrogen-bond donors (Lipinski definition) is 0. The lowest BCUT2D eigenvalue weighted by Gasteiger charge is -2.04. The zero-order valence-electron chi connectivity index (χ0n) is 10.7. The summed E-state index contributed by atoms with van der Waals surface area (Å²) in [6.45, 7) is 0. The van der Waals surface area contributed by atoms with E-state index in [0.29, 0.717) is 0 Å². The topological polar surface area (TPSA) is 38.7 Å². The number of pyridine rings is 1. The molecule has 0 amide bonds. The van der Waals surface area contributed by atoms with Gasteiger partial charge in [0.05, 0.1) is 11.9 Å². The van der Waals surface area contributed by atoms with Gasteiger partial charge in [-0.15, -0.1) is 0 Å².